The van der Waals surface area contributed by atoms with Crippen LogP contribution in [0.2, 0.25) is 0 Å². The summed E-state index contributed by atoms with van der Waals surface area (Å²) in [7, 11) is 1.80. The topological polar surface area (TPSA) is 45.1 Å². The van der Waals surface area contributed by atoms with Crippen LogP contribution < -0.4 is 0 Å². The van der Waals surface area contributed by atoms with E-state index >= 15 is 0 Å². The quantitative estimate of drug-likeness (QED) is 0.548. The second kappa shape index (κ2) is 6.77. The van der Waals surface area contributed by atoms with Crippen LogP contribution in [0.5, 0.6) is 0 Å². The highest BCUT2D eigenvalue weighted by Crippen LogP contribution is 2.12. The summed E-state index contributed by atoms with van der Waals surface area (Å²) in [6.45, 7) is 12.7. The number of hydrogen-bond donors (Lipinski definition) is 0. The molecule has 0 aromatic rings. The highest BCUT2D eigenvalue weighted by Gasteiger charge is 2.26. The van der Waals surface area contributed by atoms with Crippen LogP contribution in [-0.2, 0) is 4.74 Å². The Morgan fingerprint density at radius 1 is 1.10 bits per heavy atom. The van der Waals surface area contributed by atoms with E-state index in [1.165, 1.54) is 5.57 Å². The van der Waals surface area contributed by atoms with Gasteiger partial charge in [-0.05, 0) is 40.7 Å². The molecule has 1 saturated heterocycles. The van der Waals surface area contributed by atoms with Crippen molar-refractivity contribution in [3.63, 3.8) is 0 Å². The van der Waals surface area contributed by atoms with Gasteiger partial charge in [0.15, 0.2) is 0 Å². The summed E-state index contributed by atoms with van der Waals surface area (Å²) in [6, 6.07) is 0. The predicted octanol–water partition coefficient (Wildman–Crippen LogP) is 2.53. The first kappa shape index (κ1) is 16.5. The molecule has 1 aliphatic heterocycles. The van der Waals surface area contributed by atoms with E-state index in [0.717, 1.165) is 18.9 Å². The van der Waals surface area contributed by atoms with Gasteiger partial charge in [-0.25, -0.2) is 4.79 Å². The monoisotopic (exact) mass is 281 g/mol. The number of piperazine rings is 1. The highest BCUT2D eigenvalue weighted by molar-refractivity contribution is 5.93. The molecule has 0 aromatic carbocycles. The highest BCUT2D eigenvalue weighted by atomic mass is 16.6. The Kier molecular flexibility index (Phi) is 5.60. The molecule has 1 fully saturated rings. The summed E-state index contributed by atoms with van der Waals surface area (Å²) in [5.74, 6) is 0.980. The molecule has 114 valence electrons. The average molecular weight is 281 g/mol. The lowest BCUT2D eigenvalue weighted by molar-refractivity contribution is 0.0187. The summed E-state index contributed by atoms with van der Waals surface area (Å²) in [5, 5.41) is 0. The standard InChI is InChI=1S/C15H27N3O2/c1-12(2)11-13(16-6)17-7-9-18(10-8-17)14(19)20-15(3,4)5/h11H,7-10H2,1-6H3. The van der Waals surface area contributed by atoms with Crippen LogP contribution in [0, 0.1) is 0 Å². The third-order valence-corrected chi connectivity index (χ3v) is 2.90. The van der Waals surface area contributed by atoms with Gasteiger partial charge in [-0.1, -0.05) is 5.57 Å². The number of amides is 1. The minimum absolute atomic E-state index is 0.227. The molecule has 0 bridgehead atoms. The van der Waals surface area contributed by atoms with E-state index in [0.29, 0.717) is 13.1 Å². The van der Waals surface area contributed by atoms with Gasteiger partial charge in [-0.3, -0.25) is 4.99 Å². The number of amidine groups is 1. The third-order valence-electron chi connectivity index (χ3n) is 2.90. The molecule has 0 aliphatic carbocycles. The predicted molar refractivity (Wildman–Crippen MR) is 82.2 cm³/mol. The zero-order valence-corrected chi connectivity index (χ0v) is 13.6. The van der Waals surface area contributed by atoms with Gasteiger partial charge in [-0.15, -0.1) is 0 Å². The van der Waals surface area contributed by atoms with Gasteiger partial charge in [0.25, 0.3) is 0 Å². The lowest BCUT2D eigenvalue weighted by Gasteiger charge is -2.36. The Hall–Kier alpha value is -1.52. The van der Waals surface area contributed by atoms with Crippen LogP contribution >= 0.6 is 0 Å². The van der Waals surface area contributed by atoms with E-state index in [-0.39, 0.29) is 6.09 Å². The van der Waals surface area contributed by atoms with Gasteiger partial charge in [-0.2, -0.15) is 0 Å². The molecular formula is C15H27N3O2. The van der Waals surface area contributed by atoms with Crippen molar-refractivity contribution < 1.29 is 9.53 Å². The minimum Gasteiger partial charge on any atom is -0.444 e. The van der Waals surface area contributed by atoms with Gasteiger partial charge >= 0.3 is 6.09 Å². The molecule has 0 atom stereocenters. The molecule has 0 aromatic heterocycles. The maximum Gasteiger partial charge on any atom is 0.410 e. The van der Waals surface area contributed by atoms with E-state index in [4.69, 9.17) is 4.74 Å². The van der Waals surface area contributed by atoms with Crippen LogP contribution in [0.1, 0.15) is 34.6 Å². The first-order valence-corrected chi connectivity index (χ1v) is 7.07. The first-order chi connectivity index (χ1) is 9.23. The molecular weight excluding hydrogens is 254 g/mol. The number of ether oxygens (including phenoxy) is 1. The van der Waals surface area contributed by atoms with Crippen molar-refractivity contribution in [3.8, 4) is 0 Å². The molecule has 20 heavy (non-hydrogen) atoms. The van der Waals surface area contributed by atoms with Crippen LogP contribution in [-0.4, -0.2) is 60.6 Å². The number of carbonyl (C=O) groups is 1. The number of carbonyl (C=O) groups excluding carboxylic acids is 1. The molecule has 0 unspecified atom stereocenters. The second-order valence-corrected chi connectivity index (χ2v) is 6.26. The number of aliphatic imine (C=N–C) groups is 1. The van der Waals surface area contributed by atoms with Crippen LogP contribution in [0.25, 0.3) is 0 Å². The number of hydrogen-bond acceptors (Lipinski definition) is 3. The summed E-state index contributed by atoms with van der Waals surface area (Å²) in [5.41, 5.74) is 0.784. The number of rotatable bonds is 1. The summed E-state index contributed by atoms with van der Waals surface area (Å²) in [4.78, 5) is 20.3. The third kappa shape index (κ3) is 5.23. The maximum atomic E-state index is 12.0. The lowest BCUT2D eigenvalue weighted by atomic mass is 10.2. The van der Waals surface area contributed by atoms with E-state index in [9.17, 15) is 4.79 Å². The number of nitrogens with zero attached hydrogens (tertiary/aromatic N) is 3. The van der Waals surface area contributed by atoms with Crippen LogP contribution in [0.3, 0.4) is 0 Å². The zero-order chi connectivity index (χ0) is 15.3. The van der Waals surface area contributed by atoms with Gasteiger partial charge < -0.3 is 14.5 Å². The molecule has 0 saturated carbocycles. The van der Waals surface area contributed by atoms with E-state index in [1.54, 1.807) is 11.9 Å². The molecule has 5 nitrogen and oxygen atoms in total. The smallest absolute Gasteiger partial charge is 0.410 e. The largest absolute Gasteiger partial charge is 0.444 e. The van der Waals surface area contributed by atoms with Crippen molar-refractivity contribution in [2.75, 3.05) is 33.2 Å². The Labute approximate surface area is 122 Å². The van der Waals surface area contributed by atoms with Crippen LogP contribution in [0.15, 0.2) is 16.6 Å². The number of allylic oxidation sites excluding steroid dienone is 1. The fourth-order valence-corrected chi connectivity index (χ4v) is 2.00. The normalized spacial score (nSPS) is 17.0. The average Bonchev–Trinajstić information content (AvgIpc) is 2.34. The fourth-order valence-electron chi connectivity index (χ4n) is 2.00. The molecule has 5 heteroatoms. The fraction of sp³-hybridized carbons (Fsp3) is 0.733. The molecule has 1 amide bonds. The lowest BCUT2D eigenvalue weighted by Crippen LogP contribution is -2.51. The van der Waals surface area contributed by atoms with Gasteiger partial charge in [0.05, 0.1) is 0 Å². The summed E-state index contributed by atoms with van der Waals surface area (Å²) >= 11 is 0. The zero-order valence-electron chi connectivity index (χ0n) is 13.6. The SMILES string of the molecule is CN=C(C=C(C)C)N1CCN(C(=O)OC(C)(C)C)CC1. The van der Waals surface area contributed by atoms with E-state index in [2.05, 4.69) is 29.8 Å². The Morgan fingerprint density at radius 3 is 2.00 bits per heavy atom. The molecule has 0 N–H and O–H groups in total. The second-order valence-electron chi connectivity index (χ2n) is 6.26. The van der Waals surface area contributed by atoms with Crippen molar-refractivity contribution in [1.82, 2.24) is 9.80 Å². The molecule has 1 heterocycles. The van der Waals surface area contributed by atoms with Crippen molar-refractivity contribution >= 4 is 11.9 Å². The van der Waals surface area contributed by atoms with Crippen molar-refractivity contribution in [2.45, 2.75) is 40.2 Å². The minimum atomic E-state index is -0.438. The van der Waals surface area contributed by atoms with Crippen LogP contribution in [0.4, 0.5) is 4.79 Å². The van der Waals surface area contributed by atoms with Crippen molar-refractivity contribution in [2.24, 2.45) is 4.99 Å². The molecule has 0 radical (unpaired) electrons. The Morgan fingerprint density at radius 2 is 1.60 bits per heavy atom. The van der Waals surface area contributed by atoms with E-state index in [1.807, 2.05) is 20.8 Å². The van der Waals surface area contributed by atoms with Gasteiger partial charge in [0.2, 0.25) is 0 Å². The molecule has 1 aliphatic rings. The van der Waals surface area contributed by atoms with Gasteiger partial charge in [0.1, 0.15) is 11.4 Å². The van der Waals surface area contributed by atoms with Gasteiger partial charge in [0, 0.05) is 33.2 Å². The summed E-state index contributed by atoms with van der Waals surface area (Å²) < 4.78 is 5.39. The van der Waals surface area contributed by atoms with Crippen molar-refractivity contribution in [1.29, 1.82) is 0 Å². The first-order valence-electron chi connectivity index (χ1n) is 7.07. The van der Waals surface area contributed by atoms with E-state index < -0.39 is 5.60 Å². The Bertz CT molecular complexity index is 396. The maximum absolute atomic E-state index is 12.0. The molecule has 1 rings (SSSR count). The Balaban J connectivity index is 2.56. The summed E-state index contributed by atoms with van der Waals surface area (Å²) in [6.07, 6.45) is 1.85. The molecule has 0 spiro atoms. The van der Waals surface area contributed by atoms with Crippen molar-refractivity contribution in [3.05, 3.63) is 11.6 Å².